The Morgan fingerprint density at radius 1 is 1.00 bits per heavy atom. The van der Waals surface area contributed by atoms with Crippen LogP contribution in [0.1, 0.15) is 43.9 Å². The van der Waals surface area contributed by atoms with Crippen molar-refractivity contribution in [2.24, 2.45) is 0 Å². The highest BCUT2D eigenvalue weighted by Crippen LogP contribution is 2.30. The van der Waals surface area contributed by atoms with Gasteiger partial charge < -0.3 is 0 Å². The molecule has 1 N–H and O–H groups in total. The molecular formula is C21H23N7. The van der Waals surface area contributed by atoms with E-state index in [4.69, 9.17) is 4.98 Å². The molecule has 0 amide bonds. The molecule has 2 heterocycles. The number of tetrazole rings is 1. The molecule has 0 unspecified atom stereocenters. The average molecular weight is 373 g/mol. The van der Waals surface area contributed by atoms with E-state index < -0.39 is 0 Å². The van der Waals surface area contributed by atoms with Gasteiger partial charge in [0, 0.05) is 24.4 Å². The second kappa shape index (κ2) is 7.72. The van der Waals surface area contributed by atoms with E-state index in [1.165, 1.54) is 5.56 Å². The van der Waals surface area contributed by atoms with Crippen molar-refractivity contribution in [3.8, 4) is 22.5 Å². The third-order valence-corrected chi connectivity index (χ3v) is 4.72. The van der Waals surface area contributed by atoms with Crippen LogP contribution < -0.4 is 0 Å². The minimum Gasteiger partial charge on any atom is -0.250 e. The summed E-state index contributed by atoms with van der Waals surface area (Å²) in [5.74, 6) is 2.83. The maximum atomic E-state index is 4.73. The van der Waals surface area contributed by atoms with Crippen LogP contribution >= 0.6 is 0 Å². The SMILES string of the molecule is CCn1nc(C(C)C)nc1Cc1ccc(-c2ccccc2-c2nn[nH]n2)cc1. The van der Waals surface area contributed by atoms with Crippen LogP contribution in [0.2, 0.25) is 0 Å². The lowest BCUT2D eigenvalue weighted by atomic mass is 9.98. The van der Waals surface area contributed by atoms with Gasteiger partial charge in [0.1, 0.15) is 5.82 Å². The summed E-state index contributed by atoms with van der Waals surface area (Å²) < 4.78 is 1.99. The summed E-state index contributed by atoms with van der Waals surface area (Å²) in [6, 6.07) is 16.6. The fraction of sp³-hybridized carbons (Fsp3) is 0.286. The van der Waals surface area contributed by atoms with Crippen molar-refractivity contribution < 1.29 is 0 Å². The number of aromatic amines is 1. The van der Waals surface area contributed by atoms with Crippen LogP contribution in [0.15, 0.2) is 48.5 Å². The van der Waals surface area contributed by atoms with E-state index >= 15 is 0 Å². The van der Waals surface area contributed by atoms with E-state index in [1.807, 2.05) is 22.9 Å². The molecule has 28 heavy (non-hydrogen) atoms. The van der Waals surface area contributed by atoms with Gasteiger partial charge in [-0.15, -0.1) is 10.2 Å². The minimum atomic E-state index is 0.329. The molecule has 2 aromatic heterocycles. The predicted molar refractivity (Wildman–Crippen MR) is 108 cm³/mol. The van der Waals surface area contributed by atoms with Crippen LogP contribution in [-0.2, 0) is 13.0 Å². The van der Waals surface area contributed by atoms with Crippen LogP contribution in [0.3, 0.4) is 0 Å². The third kappa shape index (κ3) is 3.55. The van der Waals surface area contributed by atoms with Gasteiger partial charge in [-0.05, 0) is 28.8 Å². The summed E-state index contributed by atoms with van der Waals surface area (Å²) >= 11 is 0. The zero-order valence-corrected chi connectivity index (χ0v) is 16.3. The maximum Gasteiger partial charge on any atom is 0.205 e. The van der Waals surface area contributed by atoms with Gasteiger partial charge in [0.05, 0.1) is 0 Å². The van der Waals surface area contributed by atoms with Gasteiger partial charge in [-0.25, -0.2) is 9.67 Å². The maximum absolute atomic E-state index is 4.73. The van der Waals surface area contributed by atoms with Gasteiger partial charge in [0.2, 0.25) is 5.82 Å². The van der Waals surface area contributed by atoms with Crippen molar-refractivity contribution in [1.82, 2.24) is 35.4 Å². The Kier molecular flexibility index (Phi) is 4.97. The van der Waals surface area contributed by atoms with Crippen molar-refractivity contribution in [2.45, 2.75) is 39.7 Å². The van der Waals surface area contributed by atoms with Gasteiger partial charge in [-0.2, -0.15) is 10.3 Å². The van der Waals surface area contributed by atoms with Crippen LogP contribution in [0, 0.1) is 0 Å². The molecule has 0 bridgehead atoms. The molecule has 0 spiro atoms. The van der Waals surface area contributed by atoms with Crippen molar-refractivity contribution in [1.29, 1.82) is 0 Å². The van der Waals surface area contributed by atoms with Gasteiger partial charge in [-0.3, -0.25) is 0 Å². The zero-order chi connectivity index (χ0) is 19.5. The molecule has 0 saturated carbocycles. The molecular weight excluding hydrogens is 350 g/mol. The summed E-state index contributed by atoms with van der Waals surface area (Å²) in [6.45, 7) is 7.16. The first-order valence-corrected chi connectivity index (χ1v) is 9.51. The fourth-order valence-corrected chi connectivity index (χ4v) is 3.21. The molecule has 0 aliphatic heterocycles. The first-order valence-electron chi connectivity index (χ1n) is 9.51. The number of aromatic nitrogens is 7. The van der Waals surface area contributed by atoms with E-state index in [2.05, 4.69) is 76.8 Å². The quantitative estimate of drug-likeness (QED) is 0.555. The first-order chi connectivity index (χ1) is 13.7. The van der Waals surface area contributed by atoms with E-state index in [0.717, 1.165) is 41.3 Å². The van der Waals surface area contributed by atoms with Crippen molar-refractivity contribution >= 4 is 0 Å². The number of nitrogens with one attached hydrogen (secondary N) is 1. The van der Waals surface area contributed by atoms with E-state index in [-0.39, 0.29) is 0 Å². The highest BCUT2D eigenvalue weighted by molar-refractivity contribution is 5.80. The Morgan fingerprint density at radius 2 is 1.75 bits per heavy atom. The molecule has 7 heteroatoms. The van der Waals surface area contributed by atoms with Crippen LogP contribution in [-0.4, -0.2) is 35.4 Å². The molecule has 0 saturated heterocycles. The summed E-state index contributed by atoms with van der Waals surface area (Å²) in [6.07, 6.45) is 0.764. The van der Waals surface area contributed by atoms with Gasteiger partial charge in [0.15, 0.2) is 5.82 Å². The summed E-state index contributed by atoms with van der Waals surface area (Å²) in [5.41, 5.74) is 4.35. The fourth-order valence-electron chi connectivity index (χ4n) is 3.21. The Balaban J connectivity index is 1.61. The molecule has 0 atom stereocenters. The van der Waals surface area contributed by atoms with Crippen molar-refractivity contribution in [2.75, 3.05) is 0 Å². The number of H-pyrrole nitrogens is 1. The normalized spacial score (nSPS) is 11.3. The lowest BCUT2D eigenvalue weighted by molar-refractivity contribution is 0.611. The average Bonchev–Trinajstić information content (AvgIpc) is 3.39. The number of hydrogen-bond donors (Lipinski definition) is 1. The highest BCUT2D eigenvalue weighted by atomic mass is 15.5. The monoisotopic (exact) mass is 373 g/mol. The van der Waals surface area contributed by atoms with E-state index in [9.17, 15) is 0 Å². The topological polar surface area (TPSA) is 85.2 Å². The molecule has 142 valence electrons. The number of hydrogen-bond acceptors (Lipinski definition) is 5. The smallest absolute Gasteiger partial charge is 0.205 e. The van der Waals surface area contributed by atoms with Crippen molar-refractivity contribution in [3.05, 3.63) is 65.7 Å². The standard InChI is InChI=1S/C21H23N7/c1-4-28-19(22-20(25-28)14(2)3)13-15-9-11-16(12-10-15)17-7-5-6-8-18(17)21-23-26-27-24-21/h5-12,14H,4,13H2,1-3H3,(H,23,24,26,27). The summed E-state index contributed by atoms with van der Waals surface area (Å²) in [4.78, 5) is 4.73. The Morgan fingerprint density at radius 3 is 2.39 bits per heavy atom. The Hall–Kier alpha value is -3.35. The summed E-state index contributed by atoms with van der Waals surface area (Å²) in [5, 5.41) is 19.0. The molecule has 0 aliphatic rings. The van der Waals surface area contributed by atoms with E-state index in [0.29, 0.717) is 11.7 Å². The molecule has 7 nitrogen and oxygen atoms in total. The molecule has 4 rings (SSSR count). The highest BCUT2D eigenvalue weighted by Gasteiger charge is 2.13. The van der Waals surface area contributed by atoms with Gasteiger partial charge >= 0.3 is 0 Å². The van der Waals surface area contributed by atoms with Gasteiger partial charge in [-0.1, -0.05) is 62.4 Å². The number of rotatable bonds is 6. The lowest BCUT2D eigenvalue weighted by Gasteiger charge is -2.08. The summed E-state index contributed by atoms with van der Waals surface area (Å²) in [7, 11) is 0. The number of benzene rings is 2. The Labute approximate surface area is 163 Å². The third-order valence-electron chi connectivity index (χ3n) is 4.72. The van der Waals surface area contributed by atoms with E-state index in [1.54, 1.807) is 0 Å². The molecule has 2 aromatic carbocycles. The first kappa shape index (κ1) is 18.0. The van der Waals surface area contributed by atoms with Crippen LogP contribution in [0.5, 0.6) is 0 Å². The predicted octanol–water partition coefficient (Wildman–Crippen LogP) is 3.86. The van der Waals surface area contributed by atoms with Gasteiger partial charge in [0.25, 0.3) is 0 Å². The molecule has 4 aromatic rings. The zero-order valence-electron chi connectivity index (χ0n) is 16.3. The van der Waals surface area contributed by atoms with Crippen LogP contribution in [0.25, 0.3) is 22.5 Å². The number of aryl methyl sites for hydroxylation is 1. The van der Waals surface area contributed by atoms with Crippen LogP contribution in [0.4, 0.5) is 0 Å². The second-order valence-electron chi connectivity index (χ2n) is 7.01. The lowest BCUT2D eigenvalue weighted by Crippen LogP contribution is -2.04. The molecule has 0 aliphatic carbocycles. The second-order valence-corrected chi connectivity index (χ2v) is 7.01. The molecule has 0 fully saturated rings. The largest absolute Gasteiger partial charge is 0.250 e. The minimum absolute atomic E-state index is 0.329. The van der Waals surface area contributed by atoms with Crippen molar-refractivity contribution in [3.63, 3.8) is 0 Å². The molecule has 0 radical (unpaired) electrons. The Bertz CT molecular complexity index is 1050. The number of nitrogens with zero attached hydrogens (tertiary/aromatic N) is 6.